The lowest BCUT2D eigenvalue weighted by atomic mass is 10.0. The first-order chi connectivity index (χ1) is 16.4. The van der Waals surface area contributed by atoms with Crippen LogP contribution in [-0.4, -0.2) is 58.6 Å². The van der Waals surface area contributed by atoms with Gasteiger partial charge in [0.05, 0.1) is 29.4 Å². The molecule has 2 aliphatic rings. The van der Waals surface area contributed by atoms with Crippen LogP contribution in [-0.2, 0) is 4.79 Å². The number of piperazine rings is 1. The summed E-state index contributed by atoms with van der Waals surface area (Å²) in [6.45, 7) is 7.57. The summed E-state index contributed by atoms with van der Waals surface area (Å²) in [5.41, 5.74) is 4.17. The minimum atomic E-state index is -0.0145. The molecule has 2 saturated heterocycles. The summed E-state index contributed by atoms with van der Waals surface area (Å²) in [6.07, 6.45) is 5.12. The fraction of sp³-hybridized carbons (Fsp3) is 0.462. The Labute approximate surface area is 210 Å². The van der Waals surface area contributed by atoms with E-state index in [1.165, 1.54) is 0 Å². The van der Waals surface area contributed by atoms with E-state index in [1.807, 2.05) is 23.4 Å². The summed E-state index contributed by atoms with van der Waals surface area (Å²) < 4.78 is 2.16. The molecule has 3 heterocycles. The minimum Gasteiger partial charge on any atom is -0.365 e. The molecule has 2 unspecified atom stereocenters. The van der Waals surface area contributed by atoms with Gasteiger partial charge in [-0.05, 0) is 69.1 Å². The fourth-order valence-corrected chi connectivity index (χ4v) is 5.88. The molecule has 0 spiro atoms. The van der Waals surface area contributed by atoms with Gasteiger partial charge in [0.15, 0.2) is 0 Å². The molecule has 1 N–H and O–H groups in total. The van der Waals surface area contributed by atoms with Gasteiger partial charge in [0.2, 0.25) is 5.91 Å². The largest absolute Gasteiger partial charge is 0.365 e. The summed E-state index contributed by atoms with van der Waals surface area (Å²) in [6, 6.07) is 12.3. The van der Waals surface area contributed by atoms with Crippen LogP contribution in [0, 0.1) is 0 Å². The molecule has 2 aromatic carbocycles. The van der Waals surface area contributed by atoms with Crippen LogP contribution in [0.1, 0.15) is 44.7 Å². The van der Waals surface area contributed by atoms with Crippen LogP contribution in [0.15, 0.2) is 42.7 Å². The first-order valence-electron chi connectivity index (χ1n) is 12.1. The van der Waals surface area contributed by atoms with Crippen LogP contribution in [0.3, 0.4) is 0 Å². The summed E-state index contributed by atoms with van der Waals surface area (Å²) >= 11 is 12.6. The second-order valence-corrected chi connectivity index (χ2v) is 10.3. The Morgan fingerprint density at radius 3 is 2.74 bits per heavy atom. The highest BCUT2D eigenvalue weighted by Crippen LogP contribution is 2.32. The van der Waals surface area contributed by atoms with Gasteiger partial charge in [-0.25, -0.2) is 4.98 Å². The van der Waals surface area contributed by atoms with Crippen molar-refractivity contribution in [2.24, 2.45) is 0 Å². The topological polar surface area (TPSA) is 53.4 Å². The number of hydrogen-bond acceptors (Lipinski definition) is 4. The number of imidazole rings is 1. The van der Waals surface area contributed by atoms with Crippen LogP contribution in [0.25, 0.3) is 11.0 Å². The second kappa shape index (κ2) is 9.76. The van der Waals surface area contributed by atoms with Gasteiger partial charge in [0, 0.05) is 41.4 Å². The number of carbonyl (C=O) groups excluding carboxylic acids is 1. The first-order valence-corrected chi connectivity index (χ1v) is 12.9. The second-order valence-electron chi connectivity index (χ2n) is 9.50. The molecular formula is C26H31Cl2N5O. The zero-order valence-corrected chi connectivity index (χ0v) is 21.2. The maximum atomic E-state index is 13.0. The highest BCUT2D eigenvalue weighted by Gasteiger charge is 2.31. The van der Waals surface area contributed by atoms with Gasteiger partial charge in [-0.1, -0.05) is 35.7 Å². The normalized spacial score (nSPS) is 22.2. The Hall–Kier alpha value is -2.28. The molecule has 0 radical (unpaired) electrons. The Bertz CT molecular complexity index is 1190. The van der Waals surface area contributed by atoms with Crippen molar-refractivity contribution < 1.29 is 4.79 Å². The van der Waals surface area contributed by atoms with Crippen molar-refractivity contribution >= 4 is 45.8 Å². The van der Waals surface area contributed by atoms with Crippen molar-refractivity contribution in [3.63, 3.8) is 0 Å². The van der Waals surface area contributed by atoms with Gasteiger partial charge in [-0.3, -0.25) is 4.79 Å². The van der Waals surface area contributed by atoms with Crippen LogP contribution in [0.2, 0.25) is 10.0 Å². The van der Waals surface area contributed by atoms with E-state index in [2.05, 4.69) is 51.8 Å². The standard InChI is InChI=1S/C26H31Cl2N5O/c1-17-15-31(26(34)24-5-3-4-10-29-24)11-12-32(17)20-7-9-23-25(14-20)33(16-30-23)18(2)21-8-6-19(27)13-22(21)28/h6-9,13-14,16-18,24,29H,3-5,10-12,15H2,1-2H3/t17?,18?,24-/m1/s1. The van der Waals surface area contributed by atoms with E-state index in [9.17, 15) is 4.79 Å². The van der Waals surface area contributed by atoms with E-state index in [0.29, 0.717) is 10.0 Å². The summed E-state index contributed by atoms with van der Waals surface area (Å²) in [4.78, 5) is 22.1. The minimum absolute atomic E-state index is 0.0138. The van der Waals surface area contributed by atoms with Crippen LogP contribution in [0.4, 0.5) is 5.69 Å². The number of halogens is 2. The molecule has 6 nitrogen and oxygen atoms in total. The number of fused-ring (bicyclic) bond motifs is 1. The number of piperidine rings is 1. The van der Waals surface area contributed by atoms with Gasteiger partial charge in [0.25, 0.3) is 0 Å². The van der Waals surface area contributed by atoms with E-state index in [1.54, 1.807) is 6.07 Å². The quantitative estimate of drug-likeness (QED) is 0.540. The number of anilines is 1. The lowest BCUT2D eigenvalue weighted by Gasteiger charge is -2.42. The van der Waals surface area contributed by atoms with Crippen LogP contribution >= 0.6 is 23.2 Å². The average molecular weight is 500 g/mol. The zero-order chi connectivity index (χ0) is 23.8. The van der Waals surface area contributed by atoms with Crippen molar-refractivity contribution in [1.82, 2.24) is 19.8 Å². The third kappa shape index (κ3) is 4.51. The van der Waals surface area contributed by atoms with Crippen molar-refractivity contribution in [3.8, 4) is 0 Å². The Balaban J connectivity index is 1.36. The van der Waals surface area contributed by atoms with Gasteiger partial charge < -0.3 is 19.7 Å². The molecule has 3 aromatic rings. The van der Waals surface area contributed by atoms with Crippen molar-refractivity contribution in [2.45, 2.75) is 51.2 Å². The third-order valence-electron chi connectivity index (χ3n) is 7.27. The number of amides is 1. The van der Waals surface area contributed by atoms with E-state index in [0.717, 1.165) is 67.7 Å². The molecule has 180 valence electrons. The molecule has 5 rings (SSSR count). The molecule has 0 saturated carbocycles. The number of hydrogen-bond donors (Lipinski definition) is 1. The number of benzene rings is 2. The van der Waals surface area contributed by atoms with E-state index in [4.69, 9.17) is 23.2 Å². The SMILES string of the molecule is CC1CN(C(=O)[C@H]2CCCCN2)CCN1c1ccc2ncn(C(C)c3ccc(Cl)cc3Cl)c2c1. The first kappa shape index (κ1) is 23.5. The van der Waals surface area contributed by atoms with Gasteiger partial charge in [-0.15, -0.1) is 0 Å². The monoisotopic (exact) mass is 499 g/mol. The maximum Gasteiger partial charge on any atom is 0.239 e. The highest BCUT2D eigenvalue weighted by atomic mass is 35.5. The summed E-state index contributed by atoms with van der Waals surface area (Å²) in [5, 5.41) is 4.68. The maximum absolute atomic E-state index is 13.0. The van der Waals surface area contributed by atoms with Gasteiger partial charge in [0.1, 0.15) is 0 Å². The van der Waals surface area contributed by atoms with Crippen molar-refractivity contribution in [2.75, 3.05) is 31.1 Å². The number of carbonyl (C=O) groups is 1. The molecule has 3 atom stereocenters. The lowest BCUT2D eigenvalue weighted by Crippen LogP contribution is -2.58. The summed E-state index contributed by atoms with van der Waals surface area (Å²) in [7, 11) is 0. The predicted octanol–water partition coefficient (Wildman–Crippen LogP) is 5.13. The van der Waals surface area contributed by atoms with Gasteiger partial charge >= 0.3 is 0 Å². The fourth-order valence-electron chi connectivity index (χ4n) is 5.32. The number of nitrogens with one attached hydrogen (secondary N) is 1. The highest BCUT2D eigenvalue weighted by molar-refractivity contribution is 6.35. The van der Waals surface area contributed by atoms with Crippen molar-refractivity contribution in [3.05, 3.63) is 58.3 Å². The van der Waals surface area contributed by atoms with E-state index >= 15 is 0 Å². The molecule has 2 aliphatic heterocycles. The molecule has 0 bridgehead atoms. The Morgan fingerprint density at radius 1 is 1.15 bits per heavy atom. The average Bonchev–Trinajstić information content (AvgIpc) is 3.27. The van der Waals surface area contributed by atoms with Crippen LogP contribution < -0.4 is 10.2 Å². The molecule has 1 amide bonds. The third-order valence-corrected chi connectivity index (χ3v) is 7.83. The molecule has 34 heavy (non-hydrogen) atoms. The smallest absolute Gasteiger partial charge is 0.239 e. The Kier molecular flexibility index (Phi) is 6.74. The van der Waals surface area contributed by atoms with E-state index < -0.39 is 0 Å². The molecule has 0 aliphatic carbocycles. The van der Waals surface area contributed by atoms with Crippen LogP contribution in [0.5, 0.6) is 0 Å². The molecule has 8 heteroatoms. The van der Waals surface area contributed by atoms with Crippen molar-refractivity contribution in [1.29, 1.82) is 0 Å². The predicted molar refractivity (Wildman–Crippen MR) is 139 cm³/mol. The van der Waals surface area contributed by atoms with E-state index in [-0.39, 0.29) is 24.0 Å². The molecular weight excluding hydrogens is 469 g/mol. The number of aromatic nitrogens is 2. The molecule has 2 fully saturated rings. The number of rotatable bonds is 4. The van der Waals surface area contributed by atoms with Gasteiger partial charge in [-0.2, -0.15) is 0 Å². The lowest BCUT2D eigenvalue weighted by molar-refractivity contribution is -0.134. The summed E-state index contributed by atoms with van der Waals surface area (Å²) in [5.74, 6) is 0.258. The zero-order valence-electron chi connectivity index (χ0n) is 19.7. The Morgan fingerprint density at radius 2 is 2.00 bits per heavy atom. The number of nitrogens with zero attached hydrogens (tertiary/aromatic N) is 4. The molecule has 1 aromatic heterocycles.